The summed E-state index contributed by atoms with van der Waals surface area (Å²) < 4.78 is 26.4. The van der Waals surface area contributed by atoms with Crippen molar-refractivity contribution in [1.29, 1.82) is 0 Å². The van der Waals surface area contributed by atoms with Crippen molar-refractivity contribution in [3.63, 3.8) is 0 Å². The Balaban J connectivity index is 1.60. The first kappa shape index (κ1) is 12.0. The molecule has 0 aromatic rings. The van der Waals surface area contributed by atoms with Gasteiger partial charge >= 0.3 is 9.17 Å². The fraction of sp³-hybridized carbons (Fsp3) is 1.00. The lowest BCUT2D eigenvalue weighted by molar-refractivity contribution is 0.129. The molecule has 2 rings (SSSR count). The highest BCUT2D eigenvalue weighted by Gasteiger charge is 2.43. The average molecular weight is 244 g/mol. The minimum absolute atomic E-state index is 0.0317. The Morgan fingerprint density at radius 2 is 2.25 bits per heavy atom. The molecule has 0 N–H and O–H groups in total. The summed E-state index contributed by atoms with van der Waals surface area (Å²) in [5, 5.41) is 0. The van der Waals surface area contributed by atoms with Crippen LogP contribution in [0.15, 0.2) is 0 Å². The smallest absolute Gasteiger partial charge is 0.499 e. The SMILES string of the molecule is CO[Si](=O)OC(C)CCC1CCC2OC2C1. The van der Waals surface area contributed by atoms with Gasteiger partial charge in [0.15, 0.2) is 0 Å². The molecule has 2 aliphatic rings. The van der Waals surface area contributed by atoms with E-state index in [0.717, 1.165) is 18.8 Å². The van der Waals surface area contributed by atoms with Gasteiger partial charge in [0.25, 0.3) is 0 Å². The van der Waals surface area contributed by atoms with Gasteiger partial charge in [-0.2, -0.15) is 0 Å². The van der Waals surface area contributed by atoms with Crippen LogP contribution in [0, 0.1) is 5.92 Å². The van der Waals surface area contributed by atoms with Crippen LogP contribution in [-0.4, -0.2) is 34.6 Å². The fourth-order valence-electron chi connectivity index (χ4n) is 2.49. The maximum Gasteiger partial charge on any atom is 0.767 e. The molecule has 1 saturated carbocycles. The first-order valence-electron chi connectivity index (χ1n) is 6.09. The Morgan fingerprint density at radius 3 is 2.94 bits per heavy atom. The minimum atomic E-state index is -2.26. The monoisotopic (exact) mass is 244 g/mol. The van der Waals surface area contributed by atoms with Crippen molar-refractivity contribution in [2.75, 3.05) is 7.11 Å². The van der Waals surface area contributed by atoms with Crippen molar-refractivity contribution in [3.05, 3.63) is 0 Å². The van der Waals surface area contributed by atoms with Crippen molar-refractivity contribution in [2.45, 2.75) is 57.3 Å². The van der Waals surface area contributed by atoms with Crippen LogP contribution in [0.25, 0.3) is 0 Å². The molecule has 5 heteroatoms. The van der Waals surface area contributed by atoms with Gasteiger partial charge in [0.1, 0.15) is 0 Å². The van der Waals surface area contributed by atoms with E-state index >= 15 is 0 Å². The summed E-state index contributed by atoms with van der Waals surface area (Å²) in [6.07, 6.45) is 6.96. The highest BCUT2D eigenvalue weighted by molar-refractivity contribution is 6.26. The zero-order chi connectivity index (χ0) is 11.5. The molecule has 0 aromatic carbocycles. The largest absolute Gasteiger partial charge is 0.767 e. The van der Waals surface area contributed by atoms with E-state index in [1.165, 1.54) is 26.4 Å². The molecule has 1 aliphatic heterocycles. The number of ether oxygens (including phenoxy) is 1. The topological polar surface area (TPSA) is 48.1 Å². The zero-order valence-corrected chi connectivity index (χ0v) is 11.0. The van der Waals surface area contributed by atoms with Crippen molar-refractivity contribution in [2.24, 2.45) is 5.92 Å². The molecule has 0 spiro atoms. The van der Waals surface area contributed by atoms with E-state index in [9.17, 15) is 4.46 Å². The van der Waals surface area contributed by atoms with Gasteiger partial charge in [-0.3, -0.25) is 4.46 Å². The minimum Gasteiger partial charge on any atom is -0.499 e. The van der Waals surface area contributed by atoms with Crippen LogP contribution in [0.5, 0.6) is 0 Å². The second-order valence-electron chi connectivity index (χ2n) is 4.85. The number of hydrogen-bond acceptors (Lipinski definition) is 4. The molecule has 0 bridgehead atoms. The van der Waals surface area contributed by atoms with E-state index in [0.29, 0.717) is 12.2 Å². The number of hydrogen-bond donors (Lipinski definition) is 0. The third-order valence-electron chi connectivity index (χ3n) is 3.56. The molecule has 16 heavy (non-hydrogen) atoms. The maximum atomic E-state index is 11.1. The molecule has 4 unspecified atom stereocenters. The lowest BCUT2D eigenvalue weighted by atomic mass is 9.85. The maximum absolute atomic E-state index is 11.1. The molecule has 92 valence electrons. The van der Waals surface area contributed by atoms with Gasteiger partial charge in [-0.15, -0.1) is 0 Å². The van der Waals surface area contributed by atoms with E-state index < -0.39 is 9.17 Å². The molecule has 4 atom stereocenters. The van der Waals surface area contributed by atoms with Gasteiger partial charge < -0.3 is 13.6 Å². The Kier molecular flexibility index (Phi) is 3.97. The summed E-state index contributed by atoms with van der Waals surface area (Å²) in [6, 6.07) is 0. The Bertz CT molecular complexity index is 258. The van der Waals surface area contributed by atoms with Crippen LogP contribution < -0.4 is 0 Å². The molecular weight excluding hydrogens is 224 g/mol. The molecule has 1 heterocycles. The highest BCUT2D eigenvalue weighted by Crippen LogP contribution is 2.41. The summed E-state index contributed by atoms with van der Waals surface area (Å²) in [5.41, 5.74) is 0. The van der Waals surface area contributed by atoms with Crippen molar-refractivity contribution in [3.8, 4) is 0 Å². The van der Waals surface area contributed by atoms with E-state index in [4.69, 9.17) is 9.16 Å². The molecule has 2 fully saturated rings. The van der Waals surface area contributed by atoms with E-state index in [1.807, 2.05) is 6.92 Å². The van der Waals surface area contributed by atoms with Gasteiger partial charge in [0, 0.05) is 0 Å². The molecule has 1 aliphatic carbocycles. The van der Waals surface area contributed by atoms with E-state index in [-0.39, 0.29) is 6.10 Å². The van der Waals surface area contributed by atoms with Crippen LogP contribution in [0.1, 0.15) is 39.0 Å². The number of rotatable bonds is 6. The number of epoxide rings is 1. The van der Waals surface area contributed by atoms with E-state index in [1.54, 1.807) is 0 Å². The van der Waals surface area contributed by atoms with Gasteiger partial charge in [-0.05, 0) is 44.9 Å². The molecular formula is C11H20O4Si. The molecule has 0 radical (unpaired) electrons. The molecule has 0 amide bonds. The lowest BCUT2D eigenvalue weighted by Gasteiger charge is -2.20. The molecule has 0 aromatic heterocycles. The summed E-state index contributed by atoms with van der Waals surface area (Å²) >= 11 is 0. The quantitative estimate of drug-likeness (QED) is 0.528. The van der Waals surface area contributed by atoms with Gasteiger partial charge in [0.05, 0.1) is 25.4 Å². The normalized spacial score (nSPS) is 33.8. The summed E-state index contributed by atoms with van der Waals surface area (Å²) in [4.78, 5) is 0. The average Bonchev–Trinajstić information content (AvgIpc) is 3.04. The summed E-state index contributed by atoms with van der Waals surface area (Å²) in [6.45, 7) is 1.96. The van der Waals surface area contributed by atoms with Crippen LogP contribution in [0.4, 0.5) is 0 Å². The first-order valence-corrected chi connectivity index (χ1v) is 7.31. The van der Waals surface area contributed by atoms with Crippen LogP contribution in [0.2, 0.25) is 0 Å². The third kappa shape index (κ3) is 3.28. The second kappa shape index (κ2) is 5.27. The summed E-state index contributed by atoms with van der Waals surface area (Å²) in [5.74, 6) is 0.764. The fourth-order valence-corrected chi connectivity index (χ4v) is 3.03. The van der Waals surface area contributed by atoms with Gasteiger partial charge in [-0.1, -0.05) is 0 Å². The predicted molar refractivity (Wildman–Crippen MR) is 59.2 cm³/mol. The Labute approximate surface area is 98.2 Å². The second-order valence-corrected chi connectivity index (χ2v) is 6.00. The number of fused-ring (bicyclic) bond motifs is 1. The zero-order valence-electron chi connectivity index (χ0n) is 9.98. The van der Waals surface area contributed by atoms with Crippen molar-refractivity contribution in [1.82, 2.24) is 0 Å². The van der Waals surface area contributed by atoms with Gasteiger partial charge in [-0.25, -0.2) is 0 Å². The first-order chi connectivity index (χ1) is 7.69. The highest BCUT2D eigenvalue weighted by atomic mass is 28.3. The molecule has 1 saturated heterocycles. The van der Waals surface area contributed by atoms with E-state index in [2.05, 4.69) is 4.43 Å². The van der Waals surface area contributed by atoms with Gasteiger partial charge in [0.2, 0.25) is 0 Å². The summed E-state index contributed by atoms with van der Waals surface area (Å²) in [7, 11) is -0.841. The van der Waals surface area contributed by atoms with Crippen LogP contribution in [0.3, 0.4) is 0 Å². The predicted octanol–water partition coefficient (Wildman–Crippen LogP) is 1.80. The van der Waals surface area contributed by atoms with Crippen LogP contribution >= 0.6 is 0 Å². The Hall–Kier alpha value is -0.423. The lowest BCUT2D eigenvalue weighted by Crippen LogP contribution is -2.20. The third-order valence-corrected chi connectivity index (χ3v) is 4.49. The molecule has 4 nitrogen and oxygen atoms in total. The standard InChI is InChI=1S/C11H20O4Si/c1-8(15-16(12)13-2)3-4-9-5-6-10-11(7-9)14-10/h8-11H,3-7H2,1-2H3. The van der Waals surface area contributed by atoms with Crippen molar-refractivity contribution < 1.29 is 18.1 Å². The van der Waals surface area contributed by atoms with Crippen molar-refractivity contribution >= 4 is 9.17 Å². The van der Waals surface area contributed by atoms with Crippen LogP contribution in [-0.2, 0) is 18.1 Å². The Morgan fingerprint density at radius 1 is 1.44 bits per heavy atom.